The molecule has 1 amide bonds. The third kappa shape index (κ3) is 2.29. The van der Waals surface area contributed by atoms with E-state index in [1.54, 1.807) is 18.6 Å². The molecule has 104 valence electrons. The Balaban J connectivity index is 1.90. The van der Waals surface area contributed by atoms with Crippen LogP contribution < -0.4 is 0 Å². The second-order valence-electron chi connectivity index (χ2n) is 5.07. The average molecular weight is 271 g/mol. The SMILES string of the molecule is Cc1cn[nH]c1[C@H]1CCCCN1C(=O)c1cnccn1. The summed E-state index contributed by atoms with van der Waals surface area (Å²) in [6.07, 6.45) is 9.54. The Morgan fingerprint density at radius 1 is 1.35 bits per heavy atom. The number of piperidine rings is 1. The molecule has 6 nitrogen and oxygen atoms in total. The molecule has 1 N–H and O–H groups in total. The van der Waals surface area contributed by atoms with Crippen LogP contribution in [0, 0.1) is 6.92 Å². The Labute approximate surface area is 117 Å². The zero-order valence-electron chi connectivity index (χ0n) is 11.4. The lowest BCUT2D eigenvalue weighted by atomic mass is 9.97. The molecule has 1 atom stereocenters. The van der Waals surface area contributed by atoms with Crippen LogP contribution in [0.2, 0.25) is 0 Å². The molecule has 20 heavy (non-hydrogen) atoms. The number of hydrogen-bond donors (Lipinski definition) is 1. The highest BCUT2D eigenvalue weighted by Gasteiger charge is 2.31. The van der Waals surface area contributed by atoms with Crippen molar-refractivity contribution in [3.63, 3.8) is 0 Å². The minimum absolute atomic E-state index is 0.0563. The Morgan fingerprint density at radius 2 is 2.25 bits per heavy atom. The van der Waals surface area contributed by atoms with Gasteiger partial charge in [0.05, 0.1) is 24.1 Å². The molecule has 0 spiro atoms. The molecule has 2 aromatic heterocycles. The van der Waals surface area contributed by atoms with Gasteiger partial charge in [-0.3, -0.25) is 14.9 Å². The van der Waals surface area contributed by atoms with Crippen LogP contribution in [0.4, 0.5) is 0 Å². The van der Waals surface area contributed by atoms with E-state index in [-0.39, 0.29) is 11.9 Å². The van der Waals surface area contributed by atoms with Gasteiger partial charge >= 0.3 is 0 Å². The van der Waals surface area contributed by atoms with Crippen molar-refractivity contribution < 1.29 is 4.79 Å². The number of carbonyl (C=O) groups excluding carboxylic acids is 1. The van der Waals surface area contributed by atoms with Crippen LogP contribution in [0.5, 0.6) is 0 Å². The van der Waals surface area contributed by atoms with E-state index >= 15 is 0 Å². The quantitative estimate of drug-likeness (QED) is 0.904. The highest BCUT2D eigenvalue weighted by atomic mass is 16.2. The lowest BCUT2D eigenvalue weighted by Crippen LogP contribution is -2.39. The largest absolute Gasteiger partial charge is 0.329 e. The predicted molar refractivity (Wildman–Crippen MR) is 73.0 cm³/mol. The number of hydrogen-bond acceptors (Lipinski definition) is 4. The van der Waals surface area contributed by atoms with Crippen LogP contribution >= 0.6 is 0 Å². The van der Waals surface area contributed by atoms with Gasteiger partial charge in [-0.25, -0.2) is 4.98 Å². The van der Waals surface area contributed by atoms with Gasteiger partial charge in [-0.2, -0.15) is 5.10 Å². The lowest BCUT2D eigenvalue weighted by molar-refractivity contribution is 0.0598. The van der Waals surface area contributed by atoms with Crippen molar-refractivity contribution >= 4 is 5.91 Å². The van der Waals surface area contributed by atoms with E-state index in [2.05, 4.69) is 20.2 Å². The molecule has 0 unspecified atom stereocenters. The van der Waals surface area contributed by atoms with Crippen molar-refractivity contribution in [1.29, 1.82) is 0 Å². The molecule has 6 heteroatoms. The number of H-pyrrole nitrogens is 1. The normalized spacial score (nSPS) is 19.1. The van der Waals surface area contributed by atoms with E-state index in [0.717, 1.165) is 37.1 Å². The average Bonchev–Trinajstić information content (AvgIpc) is 2.93. The first-order chi connectivity index (χ1) is 9.77. The monoisotopic (exact) mass is 271 g/mol. The summed E-state index contributed by atoms with van der Waals surface area (Å²) in [6, 6.07) is 0.0563. The van der Waals surface area contributed by atoms with Gasteiger partial charge in [-0.1, -0.05) is 0 Å². The van der Waals surface area contributed by atoms with Crippen LogP contribution in [-0.2, 0) is 0 Å². The number of carbonyl (C=O) groups is 1. The molecule has 0 aromatic carbocycles. The molecule has 0 aliphatic carbocycles. The van der Waals surface area contributed by atoms with Crippen LogP contribution in [0.1, 0.15) is 47.1 Å². The van der Waals surface area contributed by atoms with Crippen LogP contribution in [0.25, 0.3) is 0 Å². The molecule has 2 aromatic rings. The van der Waals surface area contributed by atoms with Gasteiger partial charge in [0, 0.05) is 18.9 Å². The Bertz CT molecular complexity index is 595. The summed E-state index contributed by atoms with van der Waals surface area (Å²) >= 11 is 0. The number of likely N-dealkylation sites (tertiary alicyclic amines) is 1. The molecule has 1 saturated heterocycles. The van der Waals surface area contributed by atoms with E-state index in [1.807, 2.05) is 11.8 Å². The van der Waals surface area contributed by atoms with Crippen LogP contribution in [-0.4, -0.2) is 37.5 Å². The molecule has 3 rings (SSSR count). The lowest BCUT2D eigenvalue weighted by Gasteiger charge is -2.35. The van der Waals surface area contributed by atoms with E-state index < -0.39 is 0 Å². The summed E-state index contributed by atoms with van der Waals surface area (Å²) < 4.78 is 0. The molecular formula is C14H17N5O. The van der Waals surface area contributed by atoms with E-state index in [9.17, 15) is 4.79 Å². The number of aromatic amines is 1. The van der Waals surface area contributed by atoms with Gasteiger partial charge in [0.1, 0.15) is 5.69 Å². The van der Waals surface area contributed by atoms with Crippen molar-refractivity contribution in [2.75, 3.05) is 6.54 Å². The van der Waals surface area contributed by atoms with E-state index in [1.165, 1.54) is 6.20 Å². The Hall–Kier alpha value is -2.24. The number of nitrogens with zero attached hydrogens (tertiary/aromatic N) is 4. The second kappa shape index (κ2) is 5.40. The van der Waals surface area contributed by atoms with Crippen molar-refractivity contribution in [2.24, 2.45) is 0 Å². The van der Waals surface area contributed by atoms with Crippen molar-refractivity contribution in [1.82, 2.24) is 25.1 Å². The van der Waals surface area contributed by atoms with Crippen LogP contribution in [0.15, 0.2) is 24.8 Å². The van der Waals surface area contributed by atoms with Gasteiger partial charge in [0.15, 0.2) is 0 Å². The summed E-state index contributed by atoms with van der Waals surface area (Å²) in [7, 11) is 0. The molecule has 1 aliphatic rings. The van der Waals surface area contributed by atoms with Gasteiger partial charge in [-0.15, -0.1) is 0 Å². The Kier molecular flexibility index (Phi) is 3.45. The maximum Gasteiger partial charge on any atom is 0.274 e. The maximum absolute atomic E-state index is 12.6. The first kappa shape index (κ1) is 12.8. The fraction of sp³-hybridized carbons (Fsp3) is 0.429. The van der Waals surface area contributed by atoms with Crippen molar-refractivity contribution in [2.45, 2.75) is 32.2 Å². The summed E-state index contributed by atoms with van der Waals surface area (Å²) in [6.45, 7) is 2.76. The van der Waals surface area contributed by atoms with Crippen molar-refractivity contribution in [3.05, 3.63) is 41.7 Å². The van der Waals surface area contributed by atoms with Gasteiger partial charge < -0.3 is 4.90 Å². The maximum atomic E-state index is 12.6. The first-order valence-electron chi connectivity index (χ1n) is 6.84. The smallest absolute Gasteiger partial charge is 0.274 e. The van der Waals surface area contributed by atoms with Crippen molar-refractivity contribution in [3.8, 4) is 0 Å². The topological polar surface area (TPSA) is 74.8 Å². The number of aromatic nitrogens is 4. The Morgan fingerprint density at radius 3 is 2.95 bits per heavy atom. The zero-order chi connectivity index (χ0) is 13.9. The van der Waals surface area contributed by atoms with Crippen LogP contribution in [0.3, 0.4) is 0 Å². The van der Waals surface area contributed by atoms with Gasteiger partial charge in [-0.05, 0) is 31.7 Å². The molecule has 0 saturated carbocycles. The summed E-state index contributed by atoms with van der Waals surface area (Å²) in [5.41, 5.74) is 2.52. The first-order valence-corrected chi connectivity index (χ1v) is 6.84. The number of aryl methyl sites for hydroxylation is 1. The second-order valence-corrected chi connectivity index (χ2v) is 5.07. The van der Waals surface area contributed by atoms with Gasteiger partial charge in [0.25, 0.3) is 5.91 Å². The third-order valence-electron chi connectivity index (χ3n) is 3.75. The van der Waals surface area contributed by atoms with E-state index in [4.69, 9.17) is 0 Å². The fourth-order valence-corrected chi connectivity index (χ4v) is 2.73. The highest BCUT2D eigenvalue weighted by Crippen LogP contribution is 2.32. The number of nitrogens with one attached hydrogen (secondary N) is 1. The summed E-state index contributed by atoms with van der Waals surface area (Å²) in [4.78, 5) is 22.6. The summed E-state index contributed by atoms with van der Waals surface area (Å²) in [5.74, 6) is -0.0585. The van der Waals surface area contributed by atoms with E-state index in [0.29, 0.717) is 5.69 Å². The highest BCUT2D eigenvalue weighted by molar-refractivity contribution is 5.92. The molecule has 0 radical (unpaired) electrons. The molecular weight excluding hydrogens is 254 g/mol. The molecule has 1 aliphatic heterocycles. The molecule has 0 bridgehead atoms. The molecule has 3 heterocycles. The fourth-order valence-electron chi connectivity index (χ4n) is 2.73. The number of amides is 1. The minimum Gasteiger partial charge on any atom is -0.329 e. The summed E-state index contributed by atoms with van der Waals surface area (Å²) in [5, 5.41) is 7.10. The number of rotatable bonds is 2. The predicted octanol–water partition coefficient (Wildman–Crippen LogP) is 1.88. The zero-order valence-corrected chi connectivity index (χ0v) is 11.4. The minimum atomic E-state index is -0.0585. The molecule has 1 fully saturated rings. The standard InChI is InChI=1S/C14H17N5O/c1-10-8-17-18-13(10)12-4-2-3-7-19(12)14(20)11-9-15-5-6-16-11/h5-6,8-9,12H,2-4,7H2,1H3,(H,17,18)/t12-/m1/s1. The third-order valence-corrected chi connectivity index (χ3v) is 3.75. The van der Waals surface area contributed by atoms with Gasteiger partial charge in [0.2, 0.25) is 0 Å².